The normalized spacial score (nSPS) is 9.79. The number of aliphatic carboxylic acids is 1. The quantitative estimate of drug-likeness (QED) is 0.705. The Morgan fingerprint density at radius 2 is 2.07 bits per heavy atom. The fourth-order valence-electron chi connectivity index (χ4n) is 1.30. The number of carboxylic acids is 1. The van der Waals surface area contributed by atoms with Crippen molar-refractivity contribution in [2.45, 2.75) is 6.42 Å². The van der Waals surface area contributed by atoms with Crippen LogP contribution in [0, 0.1) is 0 Å². The van der Waals surface area contributed by atoms with E-state index < -0.39 is 5.97 Å². The zero-order valence-corrected chi connectivity index (χ0v) is 7.86. The highest BCUT2D eigenvalue weighted by Crippen LogP contribution is 2.17. The summed E-state index contributed by atoms with van der Waals surface area (Å²) in [5, 5.41) is 8.80. The average Bonchev–Trinajstić information content (AvgIpc) is 2.18. The second-order valence-corrected chi connectivity index (χ2v) is 2.98. The van der Waals surface area contributed by atoms with E-state index in [1.807, 2.05) is 12.1 Å². The van der Waals surface area contributed by atoms with E-state index in [1.54, 1.807) is 12.1 Å². The summed E-state index contributed by atoms with van der Waals surface area (Å²) in [6.45, 7) is 4.03. The summed E-state index contributed by atoms with van der Waals surface area (Å²) in [5.74, 6) is -0.991. The summed E-state index contributed by atoms with van der Waals surface area (Å²) in [6, 6.07) is 7.28. The van der Waals surface area contributed by atoms with E-state index in [0.717, 1.165) is 5.56 Å². The van der Waals surface area contributed by atoms with Gasteiger partial charge in [0.2, 0.25) is 0 Å². The van der Waals surface area contributed by atoms with Gasteiger partial charge in [0.05, 0.1) is 5.57 Å². The maximum atomic E-state index is 10.7. The van der Waals surface area contributed by atoms with Crippen LogP contribution in [-0.2, 0) is 11.2 Å². The zero-order chi connectivity index (χ0) is 10.6. The number of carbonyl (C=O) groups is 1. The summed E-state index contributed by atoms with van der Waals surface area (Å²) in [7, 11) is 0. The molecule has 74 valence electrons. The van der Waals surface area contributed by atoms with E-state index in [0.29, 0.717) is 18.5 Å². The summed E-state index contributed by atoms with van der Waals surface area (Å²) < 4.78 is 0. The Morgan fingerprint density at radius 1 is 1.43 bits per heavy atom. The van der Waals surface area contributed by atoms with Crippen molar-refractivity contribution in [1.82, 2.24) is 0 Å². The second kappa shape index (κ2) is 4.58. The minimum Gasteiger partial charge on any atom is -0.478 e. The molecule has 14 heavy (non-hydrogen) atoms. The predicted octanol–water partition coefficient (Wildman–Crippen LogP) is 1.29. The lowest BCUT2D eigenvalue weighted by atomic mass is 9.99. The van der Waals surface area contributed by atoms with Crippen molar-refractivity contribution in [3.8, 4) is 0 Å². The fourth-order valence-corrected chi connectivity index (χ4v) is 1.30. The molecule has 0 spiro atoms. The monoisotopic (exact) mass is 191 g/mol. The van der Waals surface area contributed by atoms with Crippen LogP contribution in [0.2, 0.25) is 0 Å². The third kappa shape index (κ3) is 2.20. The average molecular weight is 191 g/mol. The molecule has 0 saturated carbocycles. The molecule has 0 unspecified atom stereocenters. The third-order valence-electron chi connectivity index (χ3n) is 2.01. The van der Waals surface area contributed by atoms with Crippen LogP contribution < -0.4 is 5.73 Å². The van der Waals surface area contributed by atoms with Gasteiger partial charge in [-0.2, -0.15) is 0 Å². The Balaban J connectivity index is 3.06. The van der Waals surface area contributed by atoms with Crippen molar-refractivity contribution in [1.29, 1.82) is 0 Å². The van der Waals surface area contributed by atoms with Gasteiger partial charge < -0.3 is 10.8 Å². The first kappa shape index (κ1) is 10.5. The van der Waals surface area contributed by atoms with Crippen LogP contribution in [0.1, 0.15) is 11.1 Å². The van der Waals surface area contributed by atoms with Gasteiger partial charge in [0.1, 0.15) is 0 Å². The molecule has 0 bridgehead atoms. The van der Waals surface area contributed by atoms with Gasteiger partial charge in [-0.25, -0.2) is 4.79 Å². The zero-order valence-electron chi connectivity index (χ0n) is 7.86. The minimum atomic E-state index is -0.991. The van der Waals surface area contributed by atoms with Gasteiger partial charge in [0, 0.05) is 0 Å². The largest absolute Gasteiger partial charge is 0.478 e. The minimum absolute atomic E-state index is 0.119. The number of rotatable bonds is 4. The Morgan fingerprint density at radius 3 is 2.64 bits per heavy atom. The van der Waals surface area contributed by atoms with E-state index >= 15 is 0 Å². The molecule has 3 nitrogen and oxygen atoms in total. The molecular formula is C11H13NO2. The van der Waals surface area contributed by atoms with Gasteiger partial charge in [0.15, 0.2) is 0 Å². The van der Waals surface area contributed by atoms with Crippen molar-refractivity contribution in [2.24, 2.45) is 5.73 Å². The standard InChI is InChI=1S/C11H13NO2/c1-8(11(13)14)10-5-3-2-4-9(10)6-7-12/h2-5H,1,6-7,12H2,(H,13,14). The van der Waals surface area contributed by atoms with Crippen molar-refractivity contribution < 1.29 is 9.90 Å². The molecule has 0 atom stereocenters. The Hall–Kier alpha value is -1.61. The summed E-state index contributed by atoms with van der Waals surface area (Å²) >= 11 is 0. The third-order valence-corrected chi connectivity index (χ3v) is 2.01. The lowest BCUT2D eigenvalue weighted by Gasteiger charge is -2.07. The van der Waals surface area contributed by atoms with Gasteiger partial charge in [-0.3, -0.25) is 0 Å². The second-order valence-electron chi connectivity index (χ2n) is 2.98. The van der Waals surface area contributed by atoms with Crippen molar-refractivity contribution >= 4 is 11.5 Å². The number of hydrogen-bond acceptors (Lipinski definition) is 2. The molecule has 0 aliphatic rings. The highest BCUT2D eigenvalue weighted by Gasteiger charge is 2.10. The Kier molecular flexibility index (Phi) is 3.42. The molecule has 1 rings (SSSR count). The summed E-state index contributed by atoms with van der Waals surface area (Å²) in [5.41, 5.74) is 7.15. The van der Waals surface area contributed by atoms with Gasteiger partial charge in [0.25, 0.3) is 0 Å². The smallest absolute Gasteiger partial charge is 0.335 e. The Bertz CT molecular complexity index is 358. The first-order chi connectivity index (χ1) is 6.66. The number of hydrogen-bond donors (Lipinski definition) is 2. The van der Waals surface area contributed by atoms with E-state index in [2.05, 4.69) is 6.58 Å². The van der Waals surface area contributed by atoms with E-state index in [1.165, 1.54) is 0 Å². The summed E-state index contributed by atoms with van der Waals surface area (Å²) in [6.07, 6.45) is 0.669. The Labute approximate surface area is 82.9 Å². The van der Waals surface area contributed by atoms with Crippen LogP contribution >= 0.6 is 0 Å². The van der Waals surface area contributed by atoms with Gasteiger partial charge >= 0.3 is 5.97 Å². The van der Waals surface area contributed by atoms with Crippen LogP contribution in [0.25, 0.3) is 5.57 Å². The molecule has 3 heteroatoms. The molecule has 0 radical (unpaired) electrons. The molecule has 0 fully saturated rings. The number of nitrogens with two attached hydrogens (primary N) is 1. The first-order valence-electron chi connectivity index (χ1n) is 4.37. The van der Waals surface area contributed by atoms with E-state index in [-0.39, 0.29) is 5.57 Å². The highest BCUT2D eigenvalue weighted by molar-refractivity contribution is 6.14. The van der Waals surface area contributed by atoms with Gasteiger partial charge in [-0.15, -0.1) is 0 Å². The van der Waals surface area contributed by atoms with Crippen LogP contribution in [-0.4, -0.2) is 17.6 Å². The van der Waals surface area contributed by atoms with Crippen LogP contribution in [0.3, 0.4) is 0 Å². The molecule has 3 N–H and O–H groups in total. The van der Waals surface area contributed by atoms with Crippen molar-refractivity contribution in [2.75, 3.05) is 6.54 Å². The van der Waals surface area contributed by atoms with Crippen LogP contribution in [0.5, 0.6) is 0 Å². The summed E-state index contributed by atoms with van der Waals surface area (Å²) in [4.78, 5) is 10.7. The SMILES string of the molecule is C=C(C(=O)O)c1ccccc1CCN. The molecule has 1 aromatic carbocycles. The lowest BCUT2D eigenvalue weighted by molar-refractivity contribution is -0.130. The van der Waals surface area contributed by atoms with Crippen molar-refractivity contribution in [3.05, 3.63) is 42.0 Å². The molecule has 0 aliphatic heterocycles. The van der Waals surface area contributed by atoms with Crippen LogP contribution in [0.4, 0.5) is 0 Å². The van der Waals surface area contributed by atoms with Gasteiger partial charge in [-0.05, 0) is 24.1 Å². The van der Waals surface area contributed by atoms with E-state index in [9.17, 15) is 4.79 Å². The molecule has 0 saturated heterocycles. The fraction of sp³-hybridized carbons (Fsp3) is 0.182. The molecule has 0 amide bonds. The molecule has 0 heterocycles. The topological polar surface area (TPSA) is 63.3 Å². The molecular weight excluding hydrogens is 178 g/mol. The number of carboxylic acid groups (broad SMARTS) is 1. The lowest BCUT2D eigenvalue weighted by Crippen LogP contribution is -2.07. The highest BCUT2D eigenvalue weighted by atomic mass is 16.4. The maximum Gasteiger partial charge on any atom is 0.335 e. The van der Waals surface area contributed by atoms with Gasteiger partial charge in [-0.1, -0.05) is 30.8 Å². The molecule has 0 aliphatic carbocycles. The molecule has 1 aromatic rings. The molecule has 0 aromatic heterocycles. The first-order valence-corrected chi connectivity index (χ1v) is 4.37. The predicted molar refractivity (Wildman–Crippen MR) is 55.9 cm³/mol. The van der Waals surface area contributed by atoms with Crippen LogP contribution in [0.15, 0.2) is 30.8 Å². The van der Waals surface area contributed by atoms with E-state index in [4.69, 9.17) is 10.8 Å². The van der Waals surface area contributed by atoms with Crippen molar-refractivity contribution in [3.63, 3.8) is 0 Å². The maximum absolute atomic E-state index is 10.7. The number of benzene rings is 1.